The first-order chi connectivity index (χ1) is 15.7. The van der Waals surface area contributed by atoms with Gasteiger partial charge in [0.2, 0.25) is 5.91 Å². The molecule has 0 aliphatic carbocycles. The third-order valence-electron chi connectivity index (χ3n) is 5.72. The first kappa shape index (κ1) is 21.8. The van der Waals surface area contributed by atoms with Crippen LogP contribution in [0.25, 0.3) is 5.69 Å². The van der Waals surface area contributed by atoms with Crippen molar-refractivity contribution in [2.45, 2.75) is 26.3 Å². The molecule has 1 fully saturated rings. The van der Waals surface area contributed by atoms with E-state index in [0.717, 1.165) is 16.3 Å². The fourth-order valence-electron chi connectivity index (χ4n) is 3.88. The lowest BCUT2D eigenvalue weighted by Crippen LogP contribution is -2.42. The van der Waals surface area contributed by atoms with Crippen LogP contribution in [0.4, 0.5) is 10.5 Å². The molecule has 0 bridgehead atoms. The maximum atomic E-state index is 13.1. The Balaban J connectivity index is 1.51. The Morgan fingerprint density at radius 2 is 1.79 bits per heavy atom. The number of nitriles is 1. The number of nitrogens with one attached hydrogen (secondary N) is 2. The predicted octanol–water partition coefficient (Wildman–Crippen LogP) is 2.77. The van der Waals surface area contributed by atoms with E-state index in [2.05, 4.69) is 15.7 Å². The topological polar surface area (TPSA) is 120 Å². The summed E-state index contributed by atoms with van der Waals surface area (Å²) in [6, 6.07) is 17.2. The van der Waals surface area contributed by atoms with E-state index >= 15 is 0 Å². The molecule has 0 saturated carbocycles. The van der Waals surface area contributed by atoms with Gasteiger partial charge < -0.3 is 10.6 Å². The molecule has 4 rings (SSSR count). The molecule has 1 aromatic heterocycles. The third kappa shape index (κ3) is 3.83. The second-order valence-electron chi connectivity index (χ2n) is 7.98. The molecule has 9 heteroatoms. The molecule has 1 atom stereocenters. The summed E-state index contributed by atoms with van der Waals surface area (Å²) in [5, 5.41) is 18.9. The summed E-state index contributed by atoms with van der Waals surface area (Å²) in [7, 11) is 0. The van der Waals surface area contributed by atoms with Crippen molar-refractivity contribution in [3.63, 3.8) is 0 Å². The van der Waals surface area contributed by atoms with Crippen LogP contribution in [0.2, 0.25) is 0 Å². The van der Waals surface area contributed by atoms with Crippen molar-refractivity contribution in [3.05, 3.63) is 77.1 Å². The Morgan fingerprint density at radius 3 is 2.42 bits per heavy atom. The van der Waals surface area contributed by atoms with E-state index in [9.17, 15) is 14.4 Å². The molecule has 2 N–H and O–H groups in total. The summed E-state index contributed by atoms with van der Waals surface area (Å²) in [6.07, 6.45) is 0. The van der Waals surface area contributed by atoms with Gasteiger partial charge in [0.05, 0.1) is 34.4 Å². The number of aromatic nitrogens is 2. The second-order valence-corrected chi connectivity index (χ2v) is 7.98. The minimum absolute atomic E-state index is 0.439. The van der Waals surface area contributed by atoms with Crippen molar-refractivity contribution < 1.29 is 14.4 Å². The molecule has 0 unspecified atom stereocenters. The van der Waals surface area contributed by atoms with Crippen LogP contribution in [0, 0.1) is 25.2 Å². The van der Waals surface area contributed by atoms with Crippen LogP contribution in [0.5, 0.6) is 0 Å². The van der Waals surface area contributed by atoms with Gasteiger partial charge in [-0.3, -0.25) is 14.5 Å². The largest absolute Gasteiger partial charge is 0.325 e. The summed E-state index contributed by atoms with van der Waals surface area (Å²) >= 11 is 0. The standard InChI is InChI=1S/C24H22N6O3/c1-15-21(16(2)30(28-15)19-7-5-4-6-8-19)26-20(31)14-29-22(32)24(3,27-23(29)33)18-11-9-17(13-25)10-12-18/h4-12H,14H2,1-3H3,(H,26,31)(H,27,33)/t24-/m1/s1. The van der Waals surface area contributed by atoms with Crippen molar-refractivity contribution in [1.29, 1.82) is 5.26 Å². The molecular weight excluding hydrogens is 420 g/mol. The number of nitrogens with zero attached hydrogens (tertiary/aromatic N) is 4. The van der Waals surface area contributed by atoms with Crippen molar-refractivity contribution >= 4 is 23.5 Å². The van der Waals surface area contributed by atoms with Crippen molar-refractivity contribution in [3.8, 4) is 11.8 Å². The normalized spacial score (nSPS) is 17.6. The molecule has 166 valence electrons. The van der Waals surface area contributed by atoms with Crippen LogP contribution in [0.15, 0.2) is 54.6 Å². The van der Waals surface area contributed by atoms with E-state index in [0.29, 0.717) is 22.5 Å². The van der Waals surface area contributed by atoms with Gasteiger partial charge >= 0.3 is 6.03 Å². The Kier molecular flexibility index (Phi) is 5.44. The van der Waals surface area contributed by atoms with Gasteiger partial charge in [0.25, 0.3) is 5.91 Å². The molecule has 0 radical (unpaired) electrons. The number of hydrogen-bond acceptors (Lipinski definition) is 5. The van der Waals surface area contributed by atoms with Gasteiger partial charge in [-0.25, -0.2) is 9.48 Å². The van der Waals surface area contributed by atoms with Crippen LogP contribution in [-0.2, 0) is 15.1 Å². The number of aryl methyl sites for hydroxylation is 1. The number of rotatable bonds is 5. The van der Waals surface area contributed by atoms with Gasteiger partial charge in [0, 0.05) is 0 Å². The fraction of sp³-hybridized carbons (Fsp3) is 0.208. The average molecular weight is 442 g/mol. The molecule has 3 aromatic rings. The van der Waals surface area contributed by atoms with E-state index in [-0.39, 0.29) is 0 Å². The molecule has 33 heavy (non-hydrogen) atoms. The van der Waals surface area contributed by atoms with Crippen molar-refractivity contribution in [1.82, 2.24) is 20.0 Å². The Labute approximate surface area is 190 Å². The molecule has 2 heterocycles. The number of para-hydroxylation sites is 1. The molecule has 1 aliphatic rings. The molecule has 1 aliphatic heterocycles. The smallest absolute Gasteiger partial charge is 0.321 e. The molecule has 1 saturated heterocycles. The number of hydrogen-bond donors (Lipinski definition) is 2. The number of carbonyl (C=O) groups is 3. The molecule has 0 spiro atoms. The second kappa shape index (κ2) is 8.24. The molecule has 2 aromatic carbocycles. The highest BCUT2D eigenvalue weighted by Gasteiger charge is 2.49. The average Bonchev–Trinajstić information content (AvgIpc) is 3.22. The summed E-state index contributed by atoms with van der Waals surface area (Å²) in [5.74, 6) is -1.05. The van der Waals surface area contributed by atoms with Gasteiger partial charge in [0.15, 0.2) is 0 Å². The number of imide groups is 1. The van der Waals surface area contributed by atoms with Gasteiger partial charge in [-0.15, -0.1) is 0 Å². The zero-order valence-electron chi connectivity index (χ0n) is 18.4. The minimum atomic E-state index is -1.32. The zero-order chi connectivity index (χ0) is 23.8. The maximum absolute atomic E-state index is 13.1. The van der Waals surface area contributed by atoms with Crippen LogP contribution in [0.3, 0.4) is 0 Å². The Bertz CT molecular complexity index is 1290. The Morgan fingerprint density at radius 1 is 1.12 bits per heavy atom. The highest BCUT2D eigenvalue weighted by Crippen LogP contribution is 2.29. The highest BCUT2D eigenvalue weighted by atomic mass is 16.2. The van der Waals surface area contributed by atoms with E-state index in [1.165, 1.54) is 0 Å². The summed E-state index contributed by atoms with van der Waals surface area (Å²) in [6.45, 7) is 4.74. The third-order valence-corrected chi connectivity index (χ3v) is 5.72. The number of anilines is 1. The zero-order valence-corrected chi connectivity index (χ0v) is 18.4. The predicted molar refractivity (Wildman–Crippen MR) is 120 cm³/mol. The van der Waals surface area contributed by atoms with Crippen LogP contribution in [0.1, 0.15) is 29.4 Å². The van der Waals surface area contributed by atoms with Crippen LogP contribution in [-0.4, -0.2) is 39.1 Å². The quantitative estimate of drug-likeness (QED) is 0.589. The number of benzene rings is 2. The lowest BCUT2D eigenvalue weighted by atomic mass is 9.91. The van der Waals surface area contributed by atoms with E-state index in [1.807, 2.05) is 43.3 Å². The first-order valence-corrected chi connectivity index (χ1v) is 10.3. The van der Waals surface area contributed by atoms with Crippen molar-refractivity contribution in [2.75, 3.05) is 11.9 Å². The monoisotopic (exact) mass is 442 g/mol. The summed E-state index contributed by atoms with van der Waals surface area (Å²) in [4.78, 5) is 39.3. The van der Waals surface area contributed by atoms with Crippen LogP contribution >= 0.6 is 0 Å². The van der Waals surface area contributed by atoms with E-state index in [4.69, 9.17) is 5.26 Å². The van der Waals surface area contributed by atoms with Gasteiger partial charge in [-0.05, 0) is 50.6 Å². The molecule has 4 amide bonds. The van der Waals surface area contributed by atoms with Gasteiger partial charge in [-0.2, -0.15) is 10.4 Å². The van der Waals surface area contributed by atoms with Gasteiger partial charge in [-0.1, -0.05) is 30.3 Å². The number of amides is 4. The van der Waals surface area contributed by atoms with E-state index in [1.54, 1.807) is 42.8 Å². The van der Waals surface area contributed by atoms with E-state index < -0.39 is 29.9 Å². The fourth-order valence-corrected chi connectivity index (χ4v) is 3.88. The molecular formula is C24H22N6O3. The molecule has 9 nitrogen and oxygen atoms in total. The van der Waals surface area contributed by atoms with Crippen molar-refractivity contribution in [2.24, 2.45) is 0 Å². The summed E-state index contributed by atoms with van der Waals surface area (Å²) in [5.41, 5.74) is 2.37. The number of carbonyl (C=O) groups excluding carboxylic acids is 3. The lowest BCUT2D eigenvalue weighted by Gasteiger charge is -2.22. The maximum Gasteiger partial charge on any atom is 0.325 e. The summed E-state index contributed by atoms with van der Waals surface area (Å²) < 4.78 is 1.72. The first-order valence-electron chi connectivity index (χ1n) is 10.3. The SMILES string of the molecule is Cc1nn(-c2ccccc2)c(C)c1NC(=O)CN1C(=O)N[C@](C)(c2ccc(C#N)cc2)C1=O. The minimum Gasteiger partial charge on any atom is -0.321 e. The number of urea groups is 1. The highest BCUT2D eigenvalue weighted by molar-refractivity contribution is 6.10. The van der Waals surface area contributed by atoms with Crippen LogP contribution < -0.4 is 10.6 Å². The van der Waals surface area contributed by atoms with Gasteiger partial charge in [0.1, 0.15) is 12.1 Å². The lowest BCUT2D eigenvalue weighted by molar-refractivity contribution is -0.133. The Hall–Kier alpha value is -4.45.